The lowest BCUT2D eigenvalue weighted by molar-refractivity contribution is -0.155. The Morgan fingerprint density at radius 2 is 0.805 bits per heavy atom. The molecule has 5 aromatic carbocycles. The summed E-state index contributed by atoms with van der Waals surface area (Å²) in [5, 5.41) is 43.6. The molecule has 1 heterocycles. The van der Waals surface area contributed by atoms with E-state index in [-0.39, 0.29) is 95.4 Å². The summed E-state index contributed by atoms with van der Waals surface area (Å²) in [5.74, 6) is -11.7. The Labute approximate surface area is 884 Å². The third-order valence-corrected chi connectivity index (χ3v) is 25.3. The van der Waals surface area contributed by atoms with Crippen LogP contribution in [0.25, 0.3) is 0 Å². The highest BCUT2D eigenvalue weighted by Crippen LogP contribution is 2.49. The lowest BCUT2D eigenvalue weighted by Gasteiger charge is -2.37. The molecule has 0 aliphatic carbocycles. The monoisotopic (exact) mass is 2090 g/mol. The standard InChI is InChI=1S/C112H168N14O22S/c1-26-28-48-80(94(130)120-84(64-69(3)4)97(133)115-70(5)93(129)116-82(60-61-90(128)147-110(20,21)22)96(132)119-83(104(140)141)49-29-27-2)117-98(134)85(65-73-52-56-78(57-53-73)145-108(14,15)16)121-95(131)81(50-39-40-62-114-105(142)148-111(23,24)25)118-99(135)86(66-74-54-58-79(59-55-74)146-109(17,18)19)122-102(138)91(71(6)143-106(8,9)10)125-100(136)87(68-149-112(75-42-33-30-34-43-75,76-44-35-31-36-45-76)77-46-37-32-38-47-77)123-101(137)88-51-41-63-126(88)103(139)92(124-89(127)67-113)72(7)144-107(11,12)13/h30-38,42-47,52-59,69-72,80-88,91-92H,26-29,39-41,48-51,60-68,113H2,1-25H3,(H,114,142)(H,115,133)(H,116,129)(H,117,134)(H,118,135)(H,119,132)(H,120,130)(H,121,131)(H,122,138)(H,123,137)(H,124,127)(H,125,136)(H,140,141)/t70-,71+,72+,80-,81-,82-,83-,84-,85-,86-,87-,88-,91-,92-/m0/s1. The van der Waals surface area contributed by atoms with E-state index in [2.05, 4.69) is 63.8 Å². The molecule has 0 aromatic heterocycles. The number of benzene rings is 5. The zero-order valence-corrected chi connectivity index (χ0v) is 92.9. The number of esters is 1. The zero-order valence-electron chi connectivity index (χ0n) is 92.0. The van der Waals surface area contributed by atoms with Crippen molar-refractivity contribution in [2.45, 2.75) is 399 Å². The second kappa shape index (κ2) is 58.2. The smallest absolute Gasteiger partial charge is 0.407 e. The molecule has 15 N–H and O–H groups in total. The topological polar surface area (TPSA) is 505 Å². The minimum absolute atomic E-state index is 0.00873. The Morgan fingerprint density at radius 3 is 1.23 bits per heavy atom. The molecule has 0 unspecified atom stereocenters. The summed E-state index contributed by atoms with van der Waals surface area (Å²) in [6, 6.07) is 24.7. The summed E-state index contributed by atoms with van der Waals surface area (Å²) >= 11 is 1.33. The van der Waals surface area contributed by atoms with Gasteiger partial charge in [0, 0.05) is 38.1 Å². The number of alkyl carbamates (subject to hydrolysis) is 1. The first-order valence-electron chi connectivity index (χ1n) is 52.1. The number of amides is 13. The van der Waals surface area contributed by atoms with Crippen LogP contribution < -0.4 is 79.0 Å². The van der Waals surface area contributed by atoms with Crippen LogP contribution in [0.4, 0.5) is 4.79 Å². The number of thioether (sulfide) groups is 1. The molecule has 0 saturated carbocycles. The molecule has 149 heavy (non-hydrogen) atoms. The number of carboxylic acid groups (broad SMARTS) is 1. The number of unbranched alkanes of at least 4 members (excludes halogenated alkanes) is 3. The first kappa shape index (κ1) is 125. The van der Waals surface area contributed by atoms with E-state index in [4.69, 9.17) is 34.2 Å². The molecule has 1 saturated heterocycles. The summed E-state index contributed by atoms with van der Waals surface area (Å²) in [4.78, 5) is 222. The average Bonchev–Trinajstić information content (AvgIpc) is 1.24. The van der Waals surface area contributed by atoms with Gasteiger partial charge in [-0.1, -0.05) is 169 Å². The fourth-order valence-electron chi connectivity index (χ4n) is 16.9. The summed E-state index contributed by atoms with van der Waals surface area (Å²) in [6.07, 6.45) is -1.60. The van der Waals surface area contributed by atoms with Crippen LogP contribution in [0, 0.1) is 5.92 Å². The first-order chi connectivity index (χ1) is 69.6. The molecule has 1 aliphatic heterocycles. The summed E-state index contributed by atoms with van der Waals surface area (Å²) in [6.45, 7) is 43.3. The van der Waals surface area contributed by atoms with Gasteiger partial charge in [0.15, 0.2) is 0 Å². The van der Waals surface area contributed by atoms with E-state index in [1.165, 1.54) is 23.6 Å². The lowest BCUT2D eigenvalue weighted by atomic mass is 9.84. The number of carbonyl (C=O) groups excluding carboxylic acids is 14. The van der Waals surface area contributed by atoms with Crippen molar-refractivity contribution in [2.24, 2.45) is 11.7 Å². The highest BCUT2D eigenvalue weighted by molar-refractivity contribution is 8.00. The quantitative estimate of drug-likeness (QED) is 0.00976. The molecule has 13 amide bonds. The van der Waals surface area contributed by atoms with Gasteiger partial charge in [0.05, 0.1) is 34.7 Å². The molecule has 0 spiro atoms. The molecule has 36 nitrogen and oxygen atoms in total. The zero-order chi connectivity index (χ0) is 111. The number of nitrogens with one attached hydrogen (secondary N) is 12. The van der Waals surface area contributed by atoms with Crippen LogP contribution in [0.5, 0.6) is 11.5 Å². The van der Waals surface area contributed by atoms with Crippen LogP contribution in [0.3, 0.4) is 0 Å². The molecule has 37 heteroatoms. The molecular weight excluding hydrogens is 1930 g/mol. The molecule has 5 aromatic rings. The molecule has 1 aliphatic rings. The molecule has 14 atom stereocenters. The Bertz CT molecular complexity index is 5090. The normalized spacial score (nSPS) is 15.7. The van der Waals surface area contributed by atoms with Crippen molar-refractivity contribution in [1.82, 2.24) is 68.7 Å². The van der Waals surface area contributed by atoms with E-state index in [0.29, 0.717) is 54.7 Å². The maximum atomic E-state index is 16.4. The third-order valence-electron chi connectivity index (χ3n) is 23.6. The number of nitrogens with two attached hydrogens (primary N) is 1. The van der Waals surface area contributed by atoms with Crippen molar-refractivity contribution in [3.8, 4) is 11.5 Å². The van der Waals surface area contributed by atoms with E-state index in [0.717, 1.165) is 16.7 Å². The SMILES string of the molecule is CCCC[C@H](NC(=O)[C@H](CCC(=O)OC(C)(C)C)NC(=O)[C@H](C)NC(=O)[C@H](CC(C)C)NC(=O)[C@H](CCCC)NC(=O)[C@H](Cc1ccc(OC(C)(C)C)cc1)NC(=O)[C@H](CCCCNC(=O)OC(C)(C)C)NC(=O)[C@H](Cc1ccc(OC(C)(C)C)cc1)NC(=O)[C@@H](NC(=O)[C@H](CSC(c1ccccc1)(c1ccccc1)c1ccccc1)NC(=O)[C@@H]1CCCN1C(=O)[C@@H](NC(=O)CN)[C@@H](C)OC(C)(C)C)[C@@H](C)OC(C)(C)C)C(=O)O. The van der Waals surface area contributed by atoms with Gasteiger partial charge in [0.2, 0.25) is 70.9 Å². The fourth-order valence-corrected chi connectivity index (χ4v) is 18.5. The third kappa shape index (κ3) is 44.1. The second-order valence-electron chi connectivity index (χ2n) is 44.5. The highest BCUT2D eigenvalue weighted by Gasteiger charge is 2.46. The lowest BCUT2D eigenvalue weighted by Crippen LogP contribution is -2.63. The highest BCUT2D eigenvalue weighted by atomic mass is 32.2. The first-order valence-corrected chi connectivity index (χ1v) is 53.1. The molecular formula is C112H168N14O22S. The number of hydrogen-bond acceptors (Lipinski definition) is 23. The minimum atomic E-state index is -1.73. The number of carbonyl (C=O) groups is 15. The van der Waals surface area contributed by atoms with Gasteiger partial charge in [-0.05, 0) is 261 Å². The number of nitrogens with zero attached hydrogens (tertiary/aromatic N) is 1. The maximum absolute atomic E-state index is 16.4. The van der Waals surface area contributed by atoms with Gasteiger partial charge in [-0.15, -0.1) is 11.8 Å². The van der Waals surface area contributed by atoms with Crippen LogP contribution in [0.1, 0.15) is 291 Å². The van der Waals surface area contributed by atoms with Gasteiger partial charge in [-0.2, -0.15) is 0 Å². The Kier molecular flexibility index (Phi) is 49.0. The van der Waals surface area contributed by atoms with E-state index < -0.39 is 219 Å². The Balaban J connectivity index is 1.48. The van der Waals surface area contributed by atoms with Crippen LogP contribution >= 0.6 is 11.8 Å². The molecule has 0 radical (unpaired) electrons. The average molecular weight is 2090 g/mol. The van der Waals surface area contributed by atoms with Crippen molar-refractivity contribution in [1.29, 1.82) is 0 Å². The van der Waals surface area contributed by atoms with Crippen molar-refractivity contribution in [3.05, 3.63) is 167 Å². The maximum Gasteiger partial charge on any atom is 0.407 e. The minimum Gasteiger partial charge on any atom is -0.488 e. The summed E-state index contributed by atoms with van der Waals surface area (Å²) in [7, 11) is 0. The van der Waals surface area contributed by atoms with E-state index in [1.54, 1.807) is 159 Å². The molecule has 6 rings (SSSR count). The Hall–Kier alpha value is -12.2. The van der Waals surface area contributed by atoms with Crippen LogP contribution in [0.2, 0.25) is 0 Å². The van der Waals surface area contributed by atoms with E-state index in [9.17, 15) is 38.7 Å². The van der Waals surface area contributed by atoms with Crippen LogP contribution in [0.15, 0.2) is 140 Å². The number of ether oxygens (including phenoxy) is 6. The number of likely N-dealkylation sites (tertiary alicyclic amines) is 1. The van der Waals surface area contributed by atoms with Crippen molar-refractivity contribution in [2.75, 3.05) is 25.4 Å². The van der Waals surface area contributed by atoms with Crippen molar-refractivity contribution < 1.29 is 105 Å². The Morgan fingerprint density at radius 1 is 0.409 bits per heavy atom. The number of carboxylic acids is 1. The second-order valence-corrected chi connectivity index (χ2v) is 45.8. The van der Waals surface area contributed by atoms with Gasteiger partial charge < -0.3 is 108 Å². The van der Waals surface area contributed by atoms with Gasteiger partial charge in [-0.25, -0.2) is 9.59 Å². The number of hydrogen-bond donors (Lipinski definition) is 14. The van der Waals surface area contributed by atoms with Gasteiger partial charge >= 0.3 is 18.0 Å². The molecule has 0 bridgehead atoms. The summed E-state index contributed by atoms with van der Waals surface area (Å²) in [5.41, 5.74) is 4.29. The number of rotatable bonds is 56. The molecule has 1 fully saturated rings. The summed E-state index contributed by atoms with van der Waals surface area (Å²) < 4.78 is 35.2. The van der Waals surface area contributed by atoms with Crippen molar-refractivity contribution in [3.63, 3.8) is 0 Å². The van der Waals surface area contributed by atoms with E-state index in [1.807, 2.05) is 146 Å². The fraction of sp³-hybridized carbons (Fsp3) is 0.598. The van der Waals surface area contributed by atoms with Crippen molar-refractivity contribution >= 4 is 101 Å². The number of aliphatic carboxylic acids is 1. The predicted octanol–water partition coefficient (Wildman–Crippen LogP) is 11.6. The van der Waals surface area contributed by atoms with Crippen LogP contribution in [-0.4, -0.2) is 243 Å². The predicted molar refractivity (Wildman–Crippen MR) is 573 cm³/mol. The van der Waals surface area contributed by atoms with Crippen LogP contribution in [-0.2, 0) is 104 Å². The van der Waals surface area contributed by atoms with E-state index >= 15 is 38.4 Å². The van der Waals surface area contributed by atoms with Gasteiger partial charge in [-0.3, -0.25) is 62.3 Å². The largest absolute Gasteiger partial charge is 0.488 e. The van der Waals surface area contributed by atoms with Gasteiger partial charge in [0.1, 0.15) is 106 Å². The molecule has 824 valence electrons. The van der Waals surface area contributed by atoms with Gasteiger partial charge in [0.25, 0.3) is 0 Å².